The van der Waals surface area contributed by atoms with Crippen LogP contribution < -0.4 is 0 Å². The molecule has 0 atom stereocenters. The second-order valence-electron chi connectivity index (χ2n) is 6.37. The molecule has 0 unspecified atom stereocenters. The van der Waals surface area contributed by atoms with E-state index < -0.39 is 8.32 Å². The Morgan fingerprint density at radius 1 is 1.17 bits per heavy atom. The number of hydrogen-bond acceptors (Lipinski definition) is 1. The largest absolute Gasteiger partial charge is 0.547 e. The lowest BCUT2D eigenvalue weighted by Gasteiger charge is -2.36. The van der Waals surface area contributed by atoms with Gasteiger partial charge >= 0.3 is 0 Å². The maximum atomic E-state index is 6.22. The van der Waals surface area contributed by atoms with E-state index in [1.807, 2.05) is 6.07 Å². The summed E-state index contributed by atoms with van der Waals surface area (Å²) >= 11 is 0. The second-order valence-corrected chi connectivity index (χ2v) is 11.1. The zero-order chi connectivity index (χ0) is 13.8. The van der Waals surface area contributed by atoms with Crippen LogP contribution in [0.25, 0.3) is 0 Å². The maximum Gasteiger partial charge on any atom is 0.250 e. The number of benzene rings is 1. The van der Waals surface area contributed by atoms with Crippen LogP contribution in [0.1, 0.15) is 33.3 Å². The molecule has 1 aromatic rings. The minimum Gasteiger partial charge on any atom is -0.547 e. The third-order valence-electron chi connectivity index (χ3n) is 3.69. The lowest BCUT2D eigenvalue weighted by molar-refractivity contribution is 0.384. The molecule has 0 bridgehead atoms. The summed E-state index contributed by atoms with van der Waals surface area (Å²) in [5.41, 5.74) is 1.33. The Kier molecular flexibility index (Phi) is 4.80. The van der Waals surface area contributed by atoms with E-state index in [0.29, 0.717) is 0 Å². The molecule has 0 spiro atoms. The van der Waals surface area contributed by atoms with Crippen LogP contribution in [0, 0.1) is 0 Å². The number of rotatable bonds is 4. The van der Waals surface area contributed by atoms with Crippen molar-refractivity contribution < 1.29 is 4.43 Å². The molecule has 0 amide bonds. The highest BCUT2D eigenvalue weighted by Gasteiger charge is 2.38. The minimum atomic E-state index is -1.67. The molecule has 1 rings (SSSR count). The Morgan fingerprint density at radius 2 is 1.72 bits per heavy atom. The van der Waals surface area contributed by atoms with Gasteiger partial charge in [-0.05, 0) is 43.1 Å². The van der Waals surface area contributed by atoms with E-state index in [-0.39, 0.29) is 5.04 Å². The van der Waals surface area contributed by atoms with Crippen LogP contribution in [0.15, 0.2) is 42.2 Å². The Labute approximate surface area is 113 Å². The molecular formula is C16H26OSi. The van der Waals surface area contributed by atoms with Crippen molar-refractivity contribution in [2.24, 2.45) is 0 Å². The van der Waals surface area contributed by atoms with E-state index in [1.165, 1.54) is 5.56 Å². The predicted molar refractivity (Wildman–Crippen MR) is 82.2 cm³/mol. The summed E-state index contributed by atoms with van der Waals surface area (Å²) in [6.45, 7) is 13.4. The molecule has 1 aromatic carbocycles. The van der Waals surface area contributed by atoms with E-state index >= 15 is 0 Å². The van der Waals surface area contributed by atoms with Crippen molar-refractivity contribution in [3.63, 3.8) is 0 Å². The highest BCUT2D eigenvalue weighted by atomic mass is 28.4. The summed E-state index contributed by atoms with van der Waals surface area (Å²) in [6.07, 6.45) is 3.14. The first-order valence-electron chi connectivity index (χ1n) is 6.62. The maximum absolute atomic E-state index is 6.22. The number of allylic oxidation sites excluding steroid dienone is 2. The molecule has 18 heavy (non-hydrogen) atoms. The molecule has 0 N–H and O–H groups in total. The highest BCUT2D eigenvalue weighted by Crippen LogP contribution is 2.37. The summed E-state index contributed by atoms with van der Waals surface area (Å²) in [7, 11) is -1.67. The average Bonchev–Trinajstić information content (AvgIpc) is 2.26. The third kappa shape index (κ3) is 4.34. The van der Waals surface area contributed by atoms with Crippen LogP contribution in [0.5, 0.6) is 0 Å². The third-order valence-corrected chi connectivity index (χ3v) is 8.14. The minimum absolute atomic E-state index is 0.259. The van der Waals surface area contributed by atoms with E-state index in [2.05, 4.69) is 71.1 Å². The molecule has 2 heteroatoms. The van der Waals surface area contributed by atoms with Crippen LogP contribution in [0.3, 0.4) is 0 Å². The van der Waals surface area contributed by atoms with Crippen molar-refractivity contribution >= 4 is 8.32 Å². The topological polar surface area (TPSA) is 9.23 Å². The molecular weight excluding hydrogens is 236 g/mol. The van der Waals surface area contributed by atoms with Crippen molar-refractivity contribution in [2.75, 3.05) is 0 Å². The summed E-state index contributed by atoms with van der Waals surface area (Å²) in [5, 5.41) is 0.259. The molecule has 0 saturated carbocycles. The molecule has 0 heterocycles. The van der Waals surface area contributed by atoms with Gasteiger partial charge in [-0.3, -0.25) is 0 Å². The lowest BCUT2D eigenvalue weighted by Crippen LogP contribution is -2.40. The van der Waals surface area contributed by atoms with E-state index in [1.54, 1.807) is 0 Å². The quantitative estimate of drug-likeness (QED) is 0.538. The molecule has 1 nitrogen and oxygen atoms in total. The van der Waals surface area contributed by atoms with Gasteiger partial charge in [-0.25, -0.2) is 0 Å². The van der Waals surface area contributed by atoms with Gasteiger partial charge in [0.1, 0.15) is 0 Å². The molecule has 0 aliphatic heterocycles. The molecule has 0 aromatic heterocycles. The van der Waals surface area contributed by atoms with Gasteiger partial charge in [0, 0.05) is 0 Å². The van der Waals surface area contributed by atoms with Gasteiger partial charge in [-0.15, -0.1) is 0 Å². The first-order valence-corrected chi connectivity index (χ1v) is 9.53. The van der Waals surface area contributed by atoms with Gasteiger partial charge < -0.3 is 4.43 Å². The van der Waals surface area contributed by atoms with E-state index in [0.717, 1.165) is 12.2 Å². The smallest absolute Gasteiger partial charge is 0.250 e. The van der Waals surface area contributed by atoms with Crippen molar-refractivity contribution in [1.29, 1.82) is 0 Å². The molecule has 100 valence electrons. The van der Waals surface area contributed by atoms with Gasteiger partial charge in [0.05, 0.1) is 5.76 Å². The Balaban J connectivity index is 2.63. The van der Waals surface area contributed by atoms with Crippen molar-refractivity contribution in [3.8, 4) is 0 Å². The molecule has 0 saturated heterocycles. The summed E-state index contributed by atoms with van der Waals surface area (Å²) in [5.74, 6) is 1.06. The zero-order valence-electron chi connectivity index (χ0n) is 12.6. The van der Waals surface area contributed by atoms with Crippen molar-refractivity contribution in [2.45, 2.75) is 52.2 Å². The van der Waals surface area contributed by atoms with Crippen LogP contribution in [0.4, 0.5) is 0 Å². The average molecular weight is 262 g/mol. The van der Waals surface area contributed by atoms with Gasteiger partial charge in [0.25, 0.3) is 0 Å². The van der Waals surface area contributed by atoms with Gasteiger partial charge in [-0.2, -0.15) is 0 Å². The van der Waals surface area contributed by atoms with Crippen LogP contribution in [-0.4, -0.2) is 8.32 Å². The Bertz CT molecular complexity index is 399. The summed E-state index contributed by atoms with van der Waals surface area (Å²) < 4.78 is 6.22. The molecule has 0 aliphatic carbocycles. The standard InChI is InChI=1S/C16H26OSi/c1-14(17-18(5,6)16(2,3)4)12-13-15-10-8-7-9-11-15/h7-12H,13H2,1-6H3. The van der Waals surface area contributed by atoms with E-state index in [9.17, 15) is 0 Å². The fourth-order valence-electron chi connectivity index (χ4n) is 1.47. The molecule has 0 fully saturated rings. The highest BCUT2D eigenvalue weighted by molar-refractivity contribution is 6.74. The number of hydrogen-bond donors (Lipinski definition) is 0. The van der Waals surface area contributed by atoms with Crippen LogP contribution in [-0.2, 0) is 10.8 Å². The van der Waals surface area contributed by atoms with Crippen molar-refractivity contribution in [1.82, 2.24) is 0 Å². The Hall–Kier alpha value is -1.02. The summed E-state index contributed by atoms with van der Waals surface area (Å²) in [6, 6.07) is 10.5. The second kappa shape index (κ2) is 5.74. The first-order chi connectivity index (χ1) is 8.22. The van der Waals surface area contributed by atoms with Crippen LogP contribution >= 0.6 is 0 Å². The molecule has 0 radical (unpaired) electrons. The Morgan fingerprint density at radius 3 is 2.22 bits per heavy atom. The van der Waals surface area contributed by atoms with Crippen molar-refractivity contribution in [3.05, 3.63) is 47.7 Å². The van der Waals surface area contributed by atoms with Crippen LogP contribution in [0.2, 0.25) is 18.1 Å². The molecule has 0 aliphatic rings. The normalized spacial score (nSPS) is 13.6. The van der Waals surface area contributed by atoms with E-state index in [4.69, 9.17) is 4.43 Å². The first kappa shape index (κ1) is 15.0. The zero-order valence-corrected chi connectivity index (χ0v) is 13.6. The monoisotopic (exact) mass is 262 g/mol. The van der Waals surface area contributed by atoms with Gasteiger partial charge in [0.2, 0.25) is 8.32 Å². The fourth-order valence-corrected chi connectivity index (χ4v) is 2.67. The summed E-state index contributed by atoms with van der Waals surface area (Å²) in [4.78, 5) is 0. The van der Waals surface area contributed by atoms with Gasteiger partial charge in [0.15, 0.2) is 0 Å². The SMILES string of the molecule is CC(=CCc1ccccc1)O[Si](C)(C)C(C)(C)C. The predicted octanol–water partition coefficient (Wildman–Crippen LogP) is 5.15. The van der Waals surface area contributed by atoms with Gasteiger partial charge in [-0.1, -0.05) is 51.1 Å². The fraction of sp³-hybridized carbons (Fsp3) is 0.500. The lowest BCUT2D eigenvalue weighted by atomic mass is 10.1.